The van der Waals surface area contributed by atoms with Crippen LogP contribution in [0.1, 0.15) is 19.4 Å². The van der Waals surface area contributed by atoms with E-state index >= 15 is 0 Å². The van der Waals surface area contributed by atoms with Gasteiger partial charge < -0.3 is 10.1 Å². The van der Waals surface area contributed by atoms with Crippen LogP contribution in [0.4, 0.5) is 5.69 Å². The predicted molar refractivity (Wildman–Crippen MR) is 93.3 cm³/mol. The first kappa shape index (κ1) is 16.2. The molecule has 0 aromatic heterocycles. The minimum Gasteiger partial charge on any atom is -0.493 e. The Morgan fingerprint density at radius 3 is 2.76 bits per heavy atom. The Hall–Kier alpha value is -1.19. The van der Waals surface area contributed by atoms with Crippen molar-refractivity contribution in [3.8, 4) is 5.75 Å². The topological polar surface area (TPSA) is 21.3 Å². The van der Waals surface area contributed by atoms with Gasteiger partial charge in [0.1, 0.15) is 5.75 Å². The fourth-order valence-electron chi connectivity index (χ4n) is 1.83. The molecule has 21 heavy (non-hydrogen) atoms. The summed E-state index contributed by atoms with van der Waals surface area (Å²) in [6, 6.07) is 13.8. The third-order valence-corrected chi connectivity index (χ3v) is 3.92. The summed E-state index contributed by atoms with van der Waals surface area (Å²) in [6.07, 6.45) is 0. The van der Waals surface area contributed by atoms with Gasteiger partial charge in [-0.25, -0.2) is 0 Å². The van der Waals surface area contributed by atoms with Gasteiger partial charge in [0, 0.05) is 27.8 Å². The minimum absolute atomic E-state index is 0.518. The summed E-state index contributed by atoms with van der Waals surface area (Å²) in [5.41, 5.74) is 2.15. The number of nitrogens with one attached hydrogen (secondary N) is 1. The van der Waals surface area contributed by atoms with Crippen molar-refractivity contribution in [2.45, 2.75) is 20.4 Å². The van der Waals surface area contributed by atoms with Gasteiger partial charge in [0.2, 0.25) is 0 Å². The minimum atomic E-state index is 0.518. The van der Waals surface area contributed by atoms with E-state index in [2.05, 4.69) is 35.1 Å². The SMILES string of the molecule is CC(C)COc1cccc(NCc2cc(Cl)ccc2Br)c1. The van der Waals surface area contributed by atoms with Crippen molar-refractivity contribution in [2.75, 3.05) is 11.9 Å². The summed E-state index contributed by atoms with van der Waals surface area (Å²) >= 11 is 9.56. The Labute approximate surface area is 139 Å². The van der Waals surface area contributed by atoms with Gasteiger partial charge in [0.25, 0.3) is 0 Å². The van der Waals surface area contributed by atoms with Crippen LogP contribution in [0.25, 0.3) is 0 Å². The van der Waals surface area contributed by atoms with Crippen LogP contribution in [-0.2, 0) is 6.54 Å². The molecule has 0 spiro atoms. The molecular formula is C17H19BrClNO. The molecule has 2 rings (SSSR count). The van der Waals surface area contributed by atoms with Crippen LogP contribution in [0.5, 0.6) is 5.75 Å². The van der Waals surface area contributed by atoms with E-state index in [9.17, 15) is 0 Å². The third-order valence-electron chi connectivity index (χ3n) is 2.91. The van der Waals surface area contributed by atoms with E-state index in [1.165, 1.54) is 0 Å². The standard InChI is InChI=1S/C17H19BrClNO/c1-12(2)11-21-16-5-3-4-15(9-16)20-10-13-8-14(19)6-7-17(13)18/h3-9,12,20H,10-11H2,1-2H3. The van der Waals surface area contributed by atoms with E-state index in [-0.39, 0.29) is 0 Å². The highest BCUT2D eigenvalue weighted by Crippen LogP contribution is 2.23. The average Bonchev–Trinajstić information content (AvgIpc) is 2.46. The summed E-state index contributed by atoms with van der Waals surface area (Å²) in [7, 11) is 0. The maximum atomic E-state index is 6.03. The lowest BCUT2D eigenvalue weighted by Gasteiger charge is -2.12. The molecule has 0 radical (unpaired) electrons. The molecule has 0 fully saturated rings. The molecule has 0 heterocycles. The van der Waals surface area contributed by atoms with Crippen LogP contribution in [0.2, 0.25) is 5.02 Å². The normalized spacial score (nSPS) is 10.7. The molecule has 0 saturated carbocycles. The molecule has 1 N–H and O–H groups in total. The largest absolute Gasteiger partial charge is 0.493 e. The van der Waals surface area contributed by atoms with Gasteiger partial charge in [0.15, 0.2) is 0 Å². The van der Waals surface area contributed by atoms with Crippen molar-refractivity contribution in [1.82, 2.24) is 0 Å². The third kappa shape index (κ3) is 5.25. The molecule has 2 aromatic rings. The van der Waals surface area contributed by atoms with Gasteiger partial charge in [-0.1, -0.05) is 47.4 Å². The van der Waals surface area contributed by atoms with E-state index in [4.69, 9.17) is 16.3 Å². The zero-order valence-electron chi connectivity index (χ0n) is 12.2. The van der Waals surface area contributed by atoms with Gasteiger partial charge in [-0.05, 0) is 41.8 Å². The summed E-state index contributed by atoms with van der Waals surface area (Å²) < 4.78 is 6.78. The molecule has 0 aliphatic rings. The lowest BCUT2D eigenvalue weighted by Crippen LogP contribution is -2.05. The van der Waals surface area contributed by atoms with Crippen LogP contribution in [0, 0.1) is 5.92 Å². The van der Waals surface area contributed by atoms with Gasteiger partial charge in [-0.2, -0.15) is 0 Å². The number of ether oxygens (including phenoxy) is 1. The number of rotatable bonds is 6. The number of benzene rings is 2. The highest BCUT2D eigenvalue weighted by atomic mass is 79.9. The second-order valence-corrected chi connectivity index (χ2v) is 6.61. The summed E-state index contributed by atoms with van der Waals surface area (Å²) in [5.74, 6) is 1.41. The molecule has 0 atom stereocenters. The first-order valence-corrected chi connectivity index (χ1v) is 8.12. The van der Waals surface area contributed by atoms with Crippen LogP contribution < -0.4 is 10.1 Å². The smallest absolute Gasteiger partial charge is 0.121 e. The van der Waals surface area contributed by atoms with Crippen molar-refractivity contribution in [3.05, 3.63) is 57.5 Å². The van der Waals surface area contributed by atoms with Gasteiger partial charge in [0.05, 0.1) is 6.61 Å². The van der Waals surface area contributed by atoms with Crippen molar-refractivity contribution >= 4 is 33.2 Å². The molecule has 0 aliphatic carbocycles. The summed E-state index contributed by atoms with van der Waals surface area (Å²) in [6.45, 7) is 5.70. The van der Waals surface area contributed by atoms with Crippen molar-refractivity contribution in [3.63, 3.8) is 0 Å². The zero-order valence-corrected chi connectivity index (χ0v) is 14.5. The Kier molecular flexibility index (Phi) is 5.95. The quantitative estimate of drug-likeness (QED) is 0.701. The van der Waals surface area contributed by atoms with Gasteiger partial charge in [-0.15, -0.1) is 0 Å². The number of anilines is 1. The maximum Gasteiger partial charge on any atom is 0.121 e. The van der Waals surface area contributed by atoms with Crippen molar-refractivity contribution in [2.24, 2.45) is 5.92 Å². The van der Waals surface area contributed by atoms with Crippen LogP contribution >= 0.6 is 27.5 Å². The van der Waals surface area contributed by atoms with Crippen LogP contribution in [0.3, 0.4) is 0 Å². The molecule has 0 bridgehead atoms. The summed E-state index contributed by atoms with van der Waals surface area (Å²) in [5, 5.41) is 4.13. The molecular weight excluding hydrogens is 350 g/mol. The Balaban J connectivity index is 1.99. The maximum absolute atomic E-state index is 6.03. The van der Waals surface area contributed by atoms with E-state index < -0.39 is 0 Å². The van der Waals surface area contributed by atoms with Gasteiger partial charge in [-0.3, -0.25) is 0 Å². The Morgan fingerprint density at radius 1 is 1.19 bits per heavy atom. The fourth-order valence-corrected chi connectivity index (χ4v) is 2.42. The molecule has 0 aliphatic heterocycles. The predicted octanol–water partition coefficient (Wildman–Crippen LogP) is 5.75. The lowest BCUT2D eigenvalue weighted by atomic mass is 10.2. The van der Waals surface area contributed by atoms with E-state index in [1.54, 1.807) is 0 Å². The van der Waals surface area contributed by atoms with E-state index in [0.717, 1.165) is 33.1 Å². The number of halogens is 2. The summed E-state index contributed by atoms with van der Waals surface area (Å²) in [4.78, 5) is 0. The van der Waals surface area contributed by atoms with Crippen LogP contribution in [-0.4, -0.2) is 6.61 Å². The fraction of sp³-hybridized carbons (Fsp3) is 0.294. The number of hydrogen-bond acceptors (Lipinski definition) is 2. The lowest BCUT2D eigenvalue weighted by molar-refractivity contribution is 0.271. The first-order chi connectivity index (χ1) is 10.0. The molecule has 0 amide bonds. The highest BCUT2D eigenvalue weighted by molar-refractivity contribution is 9.10. The van der Waals surface area contributed by atoms with Crippen LogP contribution in [0.15, 0.2) is 46.9 Å². The monoisotopic (exact) mass is 367 g/mol. The molecule has 2 aromatic carbocycles. The Morgan fingerprint density at radius 2 is 2.00 bits per heavy atom. The van der Waals surface area contributed by atoms with Gasteiger partial charge >= 0.3 is 0 Å². The molecule has 0 saturated heterocycles. The molecule has 0 unspecified atom stereocenters. The van der Waals surface area contributed by atoms with E-state index in [0.29, 0.717) is 12.5 Å². The second kappa shape index (κ2) is 7.71. The molecule has 112 valence electrons. The van der Waals surface area contributed by atoms with Crippen molar-refractivity contribution < 1.29 is 4.74 Å². The Bertz CT molecular complexity index is 601. The highest BCUT2D eigenvalue weighted by Gasteiger charge is 2.03. The number of hydrogen-bond donors (Lipinski definition) is 1. The first-order valence-electron chi connectivity index (χ1n) is 6.95. The van der Waals surface area contributed by atoms with E-state index in [1.807, 2.05) is 42.5 Å². The average molecular weight is 369 g/mol. The molecule has 2 nitrogen and oxygen atoms in total. The van der Waals surface area contributed by atoms with Crippen molar-refractivity contribution in [1.29, 1.82) is 0 Å². The zero-order chi connectivity index (χ0) is 15.2. The molecule has 4 heteroatoms. The second-order valence-electron chi connectivity index (χ2n) is 5.32.